The zero-order chi connectivity index (χ0) is 13.3. The molecule has 1 fully saturated rings. The second-order valence-corrected chi connectivity index (χ2v) is 4.15. The Morgan fingerprint density at radius 1 is 1.50 bits per heavy atom. The van der Waals surface area contributed by atoms with Gasteiger partial charge >= 0.3 is 5.69 Å². The van der Waals surface area contributed by atoms with Crippen molar-refractivity contribution in [2.24, 2.45) is 0 Å². The van der Waals surface area contributed by atoms with E-state index in [2.05, 4.69) is 4.98 Å². The number of aliphatic hydroxyl groups excluding tert-OH is 3. The summed E-state index contributed by atoms with van der Waals surface area (Å²) in [6, 6.07) is 0.655. The first-order valence-electron chi connectivity index (χ1n) is 5.48. The van der Waals surface area contributed by atoms with Gasteiger partial charge in [-0.25, -0.2) is 4.79 Å². The number of nitrogen functional groups attached to an aromatic ring is 1. The van der Waals surface area contributed by atoms with Crippen LogP contribution < -0.4 is 11.4 Å². The molecule has 0 radical (unpaired) electrons. The summed E-state index contributed by atoms with van der Waals surface area (Å²) < 4.78 is 6.33. The fraction of sp³-hybridized carbons (Fsp3) is 0.600. The van der Waals surface area contributed by atoms with Crippen LogP contribution in [0, 0.1) is 0 Å². The highest BCUT2D eigenvalue weighted by molar-refractivity contribution is 5.23. The van der Waals surface area contributed by atoms with Gasteiger partial charge < -0.3 is 25.8 Å². The monoisotopic (exact) mass is 257 g/mol. The quantitative estimate of drug-likeness (QED) is 0.460. The lowest BCUT2D eigenvalue weighted by atomic mass is 9.98. The van der Waals surface area contributed by atoms with E-state index in [1.54, 1.807) is 0 Å². The summed E-state index contributed by atoms with van der Waals surface area (Å²) in [5.41, 5.74) is 4.73. The Balaban J connectivity index is 2.27. The van der Waals surface area contributed by atoms with Gasteiger partial charge in [-0.05, 0) is 6.07 Å². The molecule has 1 saturated heterocycles. The van der Waals surface area contributed by atoms with Gasteiger partial charge in [0, 0.05) is 6.20 Å². The van der Waals surface area contributed by atoms with Crippen molar-refractivity contribution < 1.29 is 20.1 Å². The Kier molecular flexibility index (Phi) is 3.62. The second kappa shape index (κ2) is 5.02. The van der Waals surface area contributed by atoms with Crippen LogP contribution in [0.5, 0.6) is 0 Å². The van der Waals surface area contributed by atoms with Gasteiger partial charge in [-0.2, -0.15) is 4.98 Å². The van der Waals surface area contributed by atoms with Gasteiger partial charge in [0.05, 0.1) is 19.3 Å². The molecule has 0 aliphatic carbocycles. The largest absolute Gasteiger partial charge is 0.394 e. The van der Waals surface area contributed by atoms with Crippen LogP contribution in [0.25, 0.3) is 0 Å². The lowest BCUT2D eigenvalue weighted by molar-refractivity contribution is -0.170. The second-order valence-electron chi connectivity index (χ2n) is 4.15. The molecule has 1 aliphatic heterocycles. The van der Waals surface area contributed by atoms with E-state index >= 15 is 0 Å². The highest BCUT2D eigenvalue weighted by atomic mass is 16.5. The highest BCUT2D eigenvalue weighted by Crippen LogP contribution is 2.23. The van der Waals surface area contributed by atoms with Crippen molar-refractivity contribution in [1.82, 2.24) is 9.55 Å². The molecule has 8 heteroatoms. The molecule has 0 saturated carbocycles. The number of ether oxygens (including phenoxy) is 1. The molecule has 8 nitrogen and oxygen atoms in total. The molecular formula is C10H15N3O5. The average Bonchev–Trinajstić information content (AvgIpc) is 2.34. The van der Waals surface area contributed by atoms with Crippen LogP contribution in [-0.2, 0) is 4.74 Å². The van der Waals surface area contributed by atoms with E-state index in [9.17, 15) is 15.0 Å². The normalized spacial score (nSPS) is 32.4. The summed E-state index contributed by atoms with van der Waals surface area (Å²) in [6.45, 7) is -0.408. The van der Waals surface area contributed by atoms with Crippen LogP contribution in [0.2, 0.25) is 0 Å². The molecule has 0 bridgehead atoms. The van der Waals surface area contributed by atoms with Crippen molar-refractivity contribution >= 4 is 5.82 Å². The van der Waals surface area contributed by atoms with Crippen molar-refractivity contribution in [3.8, 4) is 0 Å². The summed E-state index contributed by atoms with van der Waals surface area (Å²) in [5.74, 6) is 0.0799. The molecule has 1 aliphatic rings. The minimum absolute atomic E-state index is 0.00500. The van der Waals surface area contributed by atoms with Crippen molar-refractivity contribution in [1.29, 1.82) is 0 Å². The summed E-state index contributed by atoms with van der Waals surface area (Å²) in [4.78, 5) is 15.2. The maximum Gasteiger partial charge on any atom is 0.349 e. The fourth-order valence-electron chi connectivity index (χ4n) is 1.95. The van der Waals surface area contributed by atoms with Crippen LogP contribution in [0.3, 0.4) is 0 Å². The van der Waals surface area contributed by atoms with E-state index in [1.807, 2.05) is 0 Å². The summed E-state index contributed by atoms with van der Waals surface area (Å²) in [5, 5.41) is 28.6. The lowest BCUT2D eigenvalue weighted by Gasteiger charge is -2.37. The standard InChI is InChI=1S/C10H15N3O5/c11-7-1-2-13(10(17)12-7)5-4-18-6(3-14)9(16)8(5)15/h1-2,5-6,8-9,14-16H,3-4H2,(H2,11,12,17)/t5-,6-,8+,9-/m1/s1. The van der Waals surface area contributed by atoms with E-state index < -0.39 is 36.7 Å². The molecule has 5 N–H and O–H groups in total. The molecule has 0 aromatic carbocycles. The molecule has 100 valence electrons. The maximum atomic E-state index is 11.6. The predicted molar refractivity (Wildman–Crippen MR) is 60.8 cm³/mol. The molecule has 1 aromatic rings. The topological polar surface area (TPSA) is 131 Å². The van der Waals surface area contributed by atoms with Gasteiger partial charge in [-0.15, -0.1) is 0 Å². The van der Waals surface area contributed by atoms with Crippen LogP contribution in [0.4, 0.5) is 5.82 Å². The third-order valence-corrected chi connectivity index (χ3v) is 2.99. The SMILES string of the molecule is Nc1ccn([C@@H]2CO[C@H](CO)[C@@H](O)[C@H]2O)c(=O)n1. The minimum atomic E-state index is -1.27. The molecule has 2 rings (SSSR count). The zero-order valence-corrected chi connectivity index (χ0v) is 9.51. The van der Waals surface area contributed by atoms with Crippen molar-refractivity contribution in [3.05, 3.63) is 22.7 Å². The first-order chi connectivity index (χ1) is 8.54. The summed E-state index contributed by atoms with van der Waals surface area (Å²) in [7, 11) is 0. The van der Waals surface area contributed by atoms with E-state index in [0.29, 0.717) is 0 Å². The number of nitrogens with two attached hydrogens (primary N) is 1. The third kappa shape index (κ3) is 2.23. The summed E-state index contributed by atoms with van der Waals surface area (Å²) in [6.07, 6.45) is -1.96. The Hall–Kier alpha value is -1.48. The van der Waals surface area contributed by atoms with Gasteiger partial charge in [0.15, 0.2) is 0 Å². The summed E-state index contributed by atoms with van der Waals surface area (Å²) >= 11 is 0. The molecule has 0 unspecified atom stereocenters. The lowest BCUT2D eigenvalue weighted by Crippen LogP contribution is -2.53. The molecule has 18 heavy (non-hydrogen) atoms. The average molecular weight is 257 g/mol. The molecular weight excluding hydrogens is 242 g/mol. The minimum Gasteiger partial charge on any atom is -0.394 e. The van der Waals surface area contributed by atoms with Crippen molar-refractivity contribution in [2.75, 3.05) is 18.9 Å². The first-order valence-corrected chi connectivity index (χ1v) is 5.48. The van der Waals surface area contributed by atoms with E-state index in [1.165, 1.54) is 12.3 Å². The number of nitrogens with zero attached hydrogens (tertiary/aromatic N) is 2. The molecule has 0 spiro atoms. The van der Waals surface area contributed by atoms with Crippen molar-refractivity contribution in [3.63, 3.8) is 0 Å². The highest BCUT2D eigenvalue weighted by Gasteiger charge is 2.39. The molecule has 4 atom stereocenters. The molecule has 0 amide bonds. The number of hydrogen-bond donors (Lipinski definition) is 4. The van der Waals surface area contributed by atoms with Gasteiger partial charge in [0.25, 0.3) is 0 Å². The zero-order valence-electron chi connectivity index (χ0n) is 9.51. The molecule has 2 heterocycles. The van der Waals surface area contributed by atoms with Crippen LogP contribution in [0.1, 0.15) is 6.04 Å². The number of aliphatic hydroxyl groups is 3. The number of aromatic nitrogens is 2. The first kappa shape index (κ1) is 13.0. The van der Waals surface area contributed by atoms with Crippen molar-refractivity contribution in [2.45, 2.75) is 24.4 Å². The van der Waals surface area contributed by atoms with Crippen LogP contribution >= 0.6 is 0 Å². The van der Waals surface area contributed by atoms with Gasteiger partial charge in [0.2, 0.25) is 0 Å². The van der Waals surface area contributed by atoms with Gasteiger partial charge in [-0.3, -0.25) is 4.57 Å². The Labute approximate surface area is 102 Å². The third-order valence-electron chi connectivity index (χ3n) is 2.99. The smallest absolute Gasteiger partial charge is 0.349 e. The van der Waals surface area contributed by atoms with Gasteiger partial charge in [-0.1, -0.05) is 0 Å². The van der Waals surface area contributed by atoms with E-state index in [4.69, 9.17) is 15.6 Å². The van der Waals surface area contributed by atoms with E-state index in [0.717, 1.165) is 4.57 Å². The van der Waals surface area contributed by atoms with Gasteiger partial charge in [0.1, 0.15) is 24.1 Å². The Morgan fingerprint density at radius 2 is 2.22 bits per heavy atom. The fourth-order valence-corrected chi connectivity index (χ4v) is 1.95. The van der Waals surface area contributed by atoms with Crippen LogP contribution in [0.15, 0.2) is 17.1 Å². The number of anilines is 1. The Bertz CT molecular complexity index is 477. The Morgan fingerprint density at radius 3 is 2.83 bits per heavy atom. The van der Waals surface area contributed by atoms with E-state index in [-0.39, 0.29) is 12.4 Å². The number of hydrogen-bond acceptors (Lipinski definition) is 7. The van der Waals surface area contributed by atoms with Crippen LogP contribution in [-0.4, -0.2) is 56.4 Å². The number of rotatable bonds is 2. The molecule has 1 aromatic heterocycles. The predicted octanol–water partition coefficient (Wildman–Crippen LogP) is -2.52. The maximum absolute atomic E-state index is 11.6.